The molecule has 1 aromatic rings. The second-order valence-electron chi connectivity index (χ2n) is 3.65. The van der Waals surface area contributed by atoms with Gasteiger partial charge >= 0.3 is 0 Å². The van der Waals surface area contributed by atoms with Crippen LogP contribution in [0.2, 0.25) is 0 Å². The average molecular weight is 231 g/mol. The number of rotatable bonds is 6. The van der Waals surface area contributed by atoms with Gasteiger partial charge in [-0.1, -0.05) is 0 Å². The zero-order chi connectivity index (χ0) is 11.3. The Morgan fingerprint density at radius 2 is 1.93 bits per heavy atom. The Morgan fingerprint density at radius 1 is 1.33 bits per heavy atom. The van der Waals surface area contributed by atoms with Gasteiger partial charge in [-0.2, -0.15) is 8.42 Å². The maximum atomic E-state index is 10.7. The number of nitrogens with zero attached hydrogens (tertiary/aromatic N) is 1. The third-order valence-electron chi connectivity index (χ3n) is 2.20. The van der Waals surface area contributed by atoms with Gasteiger partial charge in [0.15, 0.2) is 0 Å². The molecule has 5 heteroatoms. The van der Waals surface area contributed by atoms with Gasteiger partial charge in [0.25, 0.3) is 10.1 Å². The van der Waals surface area contributed by atoms with E-state index in [9.17, 15) is 8.42 Å². The Kier molecular flexibility index (Phi) is 4.35. The quantitative estimate of drug-likeness (QED) is 0.554. The molecule has 0 unspecified atom stereocenters. The Bertz CT molecular complexity index is 369. The molecule has 0 aliphatic carbocycles. The second-order valence-corrected chi connectivity index (χ2v) is 5.29. The Morgan fingerprint density at radius 3 is 2.47 bits per heavy atom. The van der Waals surface area contributed by atoms with Crippen LogP contribution in [0, 0.1) is 0 Å². The van der Waals surface area contributed by atoms with Crippen LogP contribution < -0.4 is 0 Å². The maximum absolute atomic E-state index is 10.7. The van der Waals surface area contributed by atoms with Crippen molar-refractivity contribution >= 4 is 10.1 Å². The highest BCUT2D eigenvalue weighted by molar-refractivity contribution is 7.85. The van der Waals surface area contributed by atoms with Gasteiger partial charge in [-0.25, -0.2) is 0 Å². The molecule has 1 heterocycles. The van der Waals surface area contributed by atoms with Gasteiger partial charge in [-0.15, -0.1) is 0 Å². The largest absolute Gasteiger partial charge is 0.352 e. The smallest absolute Gasteiger partial charge is 0.264 e. The van der Waals surface area contributed by atoms with Crippen molar-refractivity contribution < 1.29 is 12.6 Å². The van der Waals surface area contributed by atoms with Crippen molar-refractivity contribution in [2.45, 2.75) is 25.8 Å². The predicted octanol–water partition coefficient (Wildman–Crippen LogP) is 1.81. The van der Waals surface area contributed by atoms with Crippen LogP contribution in [0.5, 0.6) is 0 Å². The van der Waals surface area contributed by atoms with Gasteiger partial charge in [0.05, 0.1) is 12.9 Å². The van der Waals surface area contributed by atoms with Gasteiger partial charge in [0, 0.05) is 18.4 Å². The van der Waals surface area contributed by atoms with E-state index in [0.717, 1.165) is 19.1 Å². The van der Waals surface area contributed by atoms with E-state index >= 15 is 0 Å². The molecule has 0 saturated heterocycles. The lowest BCUT2D eigenvalue weighted by Crippen LogP contribution is -2.07. The highest BCUT2D eigenvalue weighted by Crippen LogP contribution is 2.12. The molecule has 0 bridgehead atoms. The Balaban J connectivity index is 2.21. The standard InChI is InChI=1S/C10H17NO3S/c1-10(11-7-3-4-8-11)6-5-9-14-15(2,12)13/h3-4,7-8,10H,5-6,9H2,1-2H3/t10-/m1/s1. The molecule has 0 amide bonds. The first-order valence-corrected chi connectivity index (χ1v) is 6.77. The summed E-state index contributed by atoms with van der Waals surface area (Å²) in [5.41, 5.74) is 0. The molecule has 0 fully saturated rings. The van der Waals surface area contributed by atoms with E-state index in [1.165, 1.54) is 0 Å². The third-order valence-corrected chi connectivity index (χ3v) is 2.79. The molecule has 86 valence electrons. The summed E-state index contributed by atoms with van der Waals surface area (Å²) in [6.07, 6.45) is 6.73. The van der Waals surface area contributed by atoms with Crippen molar-refractivity contribution in [2.24, 2.45) is 0 Å². The summed E-state index contributed by atoms with van der Waals surface area (Å²) < 4.78 is 28.1. The van der Waals surface area contributed by atoms with Gasteiger partial charge in [0.2, 0.25) is 0 Å². The van der Waals surface area contributed by atoms with E-state index in [2.05, 4.69) is 15.7 Å². The first kappa shape index (κ1) is 12.3. The molecule has 0 aromatic carbocycles. The number of hydrogen-bond acceptors (Lipinski definition) is 3. The minimum absolute atomic E-state index is 0.268. The van der Waals surface area contributed by atoms with E-state index in [1.54, 1.807) is 0 Å². The van der Waals surface area contributed by atoms with E-state index in [1.807, 2.05) is 24.5 Å². The van der Waals surface area contributed by atoms with Gasteiger partial charge in [0.1, 0.15) is 0 Å². The highest BCUT2D eigenvalue weighted by Gasteiger charge is 2.05. The highest BCUT2D eigenvalue weighted by atomic mass is 32.2. The summed E-state index contributed by atoms with van der Waals surface area (Å²) in [4.78, 5) is 0. The third kappa shape index (κ3) is 4.99. The van der Waals surface area contributed by atoms with Crippen LogP contribution in [0.1, 0.15) is 25.8 Å². The van der Waals surface area contributed by atoms with E-state index in [4.69, 9.17) is 0 Å². The topological polar surface area (TPSA) is 48.3 Å². The molecular formula is C10H17NO3S. The van der Waals surface area contributed by atoms with E-state index in [0.29, 0.717) is 6.04 Å². The maximum Gasteiger partial charge on any atom is 0.264 e. The SMILES string of the molecule is C[C@H](CCCOS(C)(=O)=O)n1cccc1. The fraction of sp³-hybridized carbons (Fsp3) is 0.600. The van der Waals surface area contributed by atoms with Crippen molar-refractivity contribution in [1.29, 1.82) is 0 Å². The molecular weight excluding hydrogens is 214 g/mol. The minimum atomic E-state index is -3.28. The molecule has 1 rings (SSSR count). The molecule has 0 spiro atoms. The minimum Gasteiger partial charge on any atom is -0.352 e. The van der Waals surface area contributed by atoms with E-state index in [-0.39, 0.29) is 6.61 Å². The van der Waals surface area contributed by atoms with Crippen LogP contribution >= 0.6 is 0 Å². The summed E-state index contributed by atoms with van der Waals surface area (Å²) in [5.74, 6) is 0. The van der Waals surface area contributed by atoms with Crippen LogP contribution in [0.25, 0.3) is 0 Å². The first-order valence-electron chi connectivity index (χ1n) is 4.96. The van der Waals surface area contributed by atoms with Crippen LogP contribution in [-0.4, -0.2) is 25.8 Å². The van der Waals surface area contributed by atoms with Crippen LogP contribution in [0.15, 0.2) is 24.5 Å². The van der Waals surface area contributed by atoms with Crippen molar-refractivity contribution in [3.05, 3.63) is 24.5 Å². The van der Waals surface area contributed by atoms with Gasteiger partial charge < -0.3 is 4.57 Å². The summed E-state index contributed by atoms with van der Waals surface area (Å²) in [5, 5.41) is 0. The number of aromatic nitrogens is 1. The Labute approximate surface area is 91.0 Å². The fourth-order valence-corrected chi connectivity index (χ4v) is 1.80. The second kappa shape index (κ2) is 5.32. The van der Waals surface area contributed by atoms with E-state index < -0.39 is 10.1 Å². The molecule has 0 aliphatic rings. The molecule has 1 atom stereocenters. The summed E-state index contributed by atoms with van der Waals surface area (Å²) in [6, 6.07) is 4.33. The monoisotopic (exact) mass is 231 g/mol. The fourth-order valence-electron chi connectivity index (χ4n) is 1.38. The number of hydrogen-bond donors (Lipinski definition) is 0. The van der Waals surface area contributed by atoms with Gasteiger partial charge in [-0.05, 0) is 31.9 Å². The van der Waals surface area contributed by atoms with Crippen molar-refractivity contribution in [2.75, 3.05) is 12.9 Å². The first-order chi connectivity index (χ1) is 6.99. The lowest BCUT2D eigenvalue weighted by atomic mass is 10.2. The lowest BCUT2D eigenvalue weighted by molar-refractivity contribution is 0.300. The Hall–Kier alpha value is -0.810. The van der Waals surface area contributed by atoms with Crippen molar-refractivity contribution in [1.82, 2.24) is 4.57 Å². The molecule has 1 aromatic heterocycles. The predicted molar refractivity (Wildman–Crippen MR) is 59.2 cm³/mol. The zero-order valence-electron chi connectivity index (χ0n) is 9.09. The zero-order valence-corrected chi connectivity index (χ0v) is 9.90. The van der Waals surface area contributed by atoms with Gasteiger partial charge in [-0.3, -0.25) is 4.18 Å². The molecule has 0 N–H and O–H groups in total. The van der Waals surface area contributed by atoms with Crippen molar-refractivity contribution in [3.8, 4) is 0 Å². The lowest BCUT2D eigenvalue weighted by Gasteiger charge is -2.12. The van der Waals surface area contributed by atoms with Crippen LogP contribution in [0.4, 0.5) is 0 Å². The normalized spacial score (nSPS) is 14.0. The summed E-state index contributed by atoms with van der Waals surface area (Å²) in [7, 11) is -3.28. The van der Waals surface area contributed by atoms with Crippen molar-refractivity contribution in [3.63, 3.8) is 0 Å². The summed E-state index contributed by atoms with van der Waals surface area (Å²) >= 11 is 0. The van der Waals surface area contributed by atoms with Crippen LogP contribution in [-0.2, 0) is 14.3 Å². The molecule has 0 aliphatic heterocycles. The summed E-state index contributed by atoms with van der Waals surface area (Å²) in [6.45, 7) is 2.37. The molecule has 0 saturated carbocycles. The van der Waals surface area contributed by atoms with Crippen LogP contribution in [0.3, 0.4) is 0 Å². The molecule has 0 radical (unpaired) electrons. The molecule has 4 nitrogen and oxygen atoms in total. The molecule has 15 heavy (non-hydrogen) atoms. The average Bonchev–Trinajstić information content (AvgIpc) is 2.63.